The first-order chi connectivity index (χ1) is 20.8. The second-order valence-electron chi connectivity index (χ2n) is 2.68. The molecule has 0 radical (unpaired) electrons. The molecule has 0 aromatic heterocycles. The standard InChI is InChI=1S/3Mg.12NO3.2Tb/c;;;12*2-1(3)4;;/q3*+2;12*-1;2*+3. The minimum atomic E-state index is -1.75. The second-order valence-corrected chi connectivity index (χ2v) is 2.68. The summed E-state index contributed by atoms with van der Waals surface area (Å²) >= 11 is 0. The molecule has 0 aliphatic heterocycles. The molecule has 0 heterocycles. The van der Waals surface area contributed by atoms with Gasteiger partial charge in [0.05, 0.1) is 61.0 Å². The molecule has 53 heteroatoms. The molecule has 0 spiro atoms. The molecule has 0 unspecified atom stereocenters. The molecule has 0 N–H and O–H groups in total. The largest absolute Gasteiger partial charge is 3.00 e. The van der Waals surface area contributed by atoms with Gasteiger partial charge in [0.15, 0.2) is 0 Å². The summed E-state index contributed by atoms with van der Waals surface area (Å²) in [4.78, 5) is 99.0. The Morgan fingerprint density at radius 1 is 0.151 bits per heavy atom. The molecule has 0 atom stereocenters. The van der Waals surface area contributed by atoms with Crippen molar-refractivity contribution < 1.29 is 138 Å². The molecule has 0 rings (SSSR count). The van der Waals surface area contributed by atoms with Crippen molar-refractivity contribution in [2.24, 2.45) is 0 Å². The molecular formula is Mg3N12O36Tb2. The minimum absolute atomic E-state index is 0. The summed E-state index contributed by atoms with van der Waals surface area (Å²) < 4.78 is 0. The zero-order valence-corrected chi connectivity index (χ0v) is 31.4. The van der Waals surface area contributed by atoms with E-state index in [1.54, 1.807) is 0 Å². The maximum atomic E-state index is 8.25. The van der Waals surface area contributed by atoms with E-state index < -0.39 is 61.0 Å². The summed E-state index contributed by atoms with van der Waals surface area (Å²) in [6.45, 7) is 0. The molecule has 0 bridgehead atoms. The van der Waals surface area contributed by atoms with Gasteiger partial charge in [-0.05, 0) is 0 Å². The van der Waals surface area contributed by atoms with Crippen molar-refractivity contribution in [3.63, 3.8) is 0 Å². The van der Waals surface area contributed by atoms with E-state index in [1.165, 1.54) is 0 Å². The number of nitrogens with zero attached hydrogens (tertiary/aromatic N) is 12. The molecular weight excluding hydrogens is 1130 g/mol. The molecule has 0 aromatic carbocycles. The van der Waals surface area contributed by atoms with Gasteiger partial charge in [0.1, 0.15) is 0 Å². The van der Waals surface area contributed by atoms with Gasteiger partial charge in [-0.25, -0.2) is 0 Å². The third kappa shape index (κ3) is 4330. The van der Waals surface area contributed by atoms with Gasteiger partial charge in [0.2, 0.25) is 0 Å². The Kier molecular flexibility index (Phi) is 215. The van der Waals surface area contributed by atoms with Crippen molar-refractivity contribution in [3.8, 4) is 0 Å². The van der Waals surface area contributed by atoms with E-state index in [0.717, 1.165) is 0 Å². The van der Waals surface area contributed by atoms with Crippen LogP contribution in [0.25, 0.3) is 0 Å². The Bertz CT molecular complexity index is 602. The third-order valence-corrected chi connectivity index (χ3v) is 0. The second kappa shape index (κ2) is 103. The van der Waals surface area contributed by atoms with E-state index in [4.69, 9.17) is 184 Å². The van der Waals surface area contributed by atoms with Crippen LogP contribution >= 0.6 is 0 Å². The maximum Gasteiger partial charge on any atom is 3.00 e. The zero-order valence-electron chi connectivity index (χ0n) is 22.9. The fourth-order valence-electron chi connectivity index (χ4n) is 0. The van der Waals surface area contributed by atoms with Crippen LogP contribution < -0.4 is 0 Å². The van der Waals surface area contributed by atoms with Crippen molar-refractivity contribution >= 4 is 69.2 Å². The molecule has 48 nitrogen and oxygen atoms in total. The summed E-state index contributed by atoms with van der Waals surface area (Å²) in [5.74, 6) is 0. The van der Waals surface area contributed by atoms with Crippen molar-refractivity contribution in [1.82, 2.24) is 0 Å². The smallest absolute Gasteiger partial charge is 0.356 e. The Hall–Kier alpha value is -4.73. The number of hydrogen-bond acceptors (Lipinski definition) is 36. The monoisotopic (exact) mass is 1130 g/mol. The number of hydrogen-bond donors (Lipinski definition) is 0. The quantitative estimate of drug-likeness (QED) is 0.127. The SMILES string of the molecule is O=[N+]([O-])[O-].O=[N+]([O-])[O-].O=[N+]([O-])[O-].O=[N+]([O-])[O-].O=[N+]([O-])[O-].O=[N+]([O-])[O-].O=[N+]([O-])[O-].O=[N+]([O-])[O-].O=[N+]([O-])[O-].O=[N+]([O-])[O-].O=[N+]([O-])[O-].O=[N+]([O-])[O-].[Mg+2].[Mg+2].[Mg+2].[Tb+3].[Tb+3]. The van der Waals surface area contributed by atoms with Crippen LogP contribution in [0, 0.1) is 261 Å². The fourth-order valence-corrected chi connectivity index (χ4v) is 0. The fraction of sp³-hybridized carbons (Fsp3) is 0. The first-order valence-electron chi connectivity index (χ1n) is 6.57. The summed E-state index contributed by atoms with van der Waals surface area (Å²) in [5, 5.41) is 177. The normalized spacial score (nSPS) is 5.43. The average molecular weight is 1130 g/mol. The van der Waals surface area contributed by atoms with Crippen molar-refractivity contribution in [2.75, 3.05) is 0 Å². The molecule has 0 saturated carbocycles. The van der Waals surface area contributed by atoms with E-state index in [2.05, 4.69) is 0 Å². The van der Waals surface area contributed by atoms with Gasteiger partial charge in [0.25, 0.3) is 0 Å². The van der Waals surface area contributed by atoms with Crippen LogP contribution in [0.15, 0.2) is 0 Å². The Labute approximate surface area is 387 Å². The summed E-state index contributed by atoms with van der Waals surface area (Å²) in [6.07, 6.45) is 0. The van der Waals surface area contributed by atoms with Gasteiger partial charge in [0, 0.05) is 0 Å². The van der Waals surface area contributed by atoms with Gasteiger partial charge in [-0.2, -0.15) is 0 Å². The van der Waals surface area contributed by atoms with Gasteiger partial charge < -0.3 is 184 Å². The topological polar surface area (TPSA) is 794 Å². The Morgan fingerprint density at radius 3 is 0.151 bits per heavy atom. The minimum Gasteiger partial charge on any atom is -0.356 e. The van der Waals surface area contributed by atoms with Crippen molar-refractivity contribution in [3.05, 3.63) is 184 Å². The van der Waals surface area contributed by atoms with Gasteiger partial charge in [-0.1, -0.05) is 0 Å². The third-order valence-electron chi connectivity index (χ3n) is 0. The van der Waals surface area contributed by atoms with Crippen LogP contribution in [0.2, 0.25) is 0 Å². The van der Waals surface area contributed by atoms with Crippen molar-refractivity contribution in [1.29, 1.82) is 0 Å². The summed E-state index contributed by atoms with van der Waals surface area (Å²) in [7, 11) is 0. The van der Waals surface area contributed by atoms with Crippen LogP contribution in [0.1, 0.15) is 0 Å². The van der Waals surface area contributed by atoms with Gasteiger partial charge in [-0.15, -0.1) is 0 Å². The Morgan fingerprint density at radius 2 is 0.151 bits per heavy atom. The van der Waals surface area contributed by atoms with E-state index in [9.17, 15) is 0 Å². The molecule has 0 aromatic rings. The molecule has 0 aliphatic carbocycles. The zero-order chi connectivity index (χ0) is 42.9. The first kappa shape index (κ1) is 110. The molecule has 0 aliphatic rings. The van der Waals surface area contributed by atoms with Gasteiger partial charge in [-0.3, -0.25) is 0 Å². The molecule has 300 valence electrons. The van der Waals surface area contributed by atoms with Gasteiger partial charge >= 0.3 is 146 Å². The predicted molar refractivity (Wildman–Crippen MR) is 142 cm³/mol. The van der Waals surface area contributed by atoms with Crippen molar-refractivity contribution in [2.45, 2.75) is 0 Å². The average Bonchev–Trinajstić information content (AvgIpc) is 2.61. The number of rotatable bonds is 0. The van der Waals surface area contributed by atoms with E-state index in [0.29, 0.717) is 0 Å². The van der Waals surface area contributed by atoms with Crippen LogP contribution in [0.4, 0.5) is 0 Å². The summed E-state index contributed by atoms with van der Waals surface area (Å²) in [5.41, 5.74) is 0. The van der Waals surface area contributed by atoms with Crippen LogP contribution in [-0.4, -0.2) is 130 Å². The molecule has 0 amide bonds. The molecule has 53 heavy (non-hydrogen) atoms. The van der Waals surface area contributed by atoms with Crippen LogP contribution in [0.3, 0.4) is 0 Å². The summed E-state index contributed by atoms with van der Waals surface area (Å²) in [6, 6.07) is 0. The molecule has 0 saturated heterocycles. The van der Waals surface area contributed by atoms with E-state index >= 15 is 0 Å². The Balaban J connectivity index is -0.0000000176. The van der Waals surface area contributed by atoms with E-state index in [1.807, 2.05) is 0 Å². The maximum absolute atomic E-state index is 8.25. The first-order valence-corrected chi connectivity index (χ1v) is 6.57. The van der Waals surface area contributed by atoms with Crippen LogP contribution in [-0.2, 0) is 0 Å². The molecule has 0 fully saturated rings. The van der Waals surface area contributed by atoms with Crippen LogP contribution in [0.5, 0.6) is 0 Å². The predicted octanol–water partition coefficient (Wildman–Crippen LogP) is -4.01. The van der Waals surface area contributed by atoms with E-state index in [-0.39, 0.29) is 146 Å².